The van der Waals surface area contributed by atoms with Gasteiger partial charge in [0.1, 0.15) is 11.8 Å². The van der Waals surface area contributed by atoms with Gasteiger partial charge in [-0.3, -0.25) is 9.97 Å². The highest BCUT2D eigenvalue weighted by molar-refractivity contribution is 6.35. The fourth-order valence-electron chi connectivity index (χ4n) is 3.71. The van der Waals surface area contributed by atoms with E-state index in [1.165, 1.54) is 24.8 Å². The number of aryl methyl sites for hydroxylation is 1. The molecule has 1 aromatic carbocycles. The first-order valence-corrected chi connectivity index (χ1v) is 10.6. The van der Waals surface area contributed by atoms with Crippen molar-refractivity contribution in [1.29, 1.82) is 0 Å². The first-order chi connectivity index (χ1) is 16.3. The topological polar surface area (TPSA) is 76.5 Å². The number of hydrogen-bond donors (Lipinski definition) is 1. The summed E-state index contributed by atoms with van der Waals surface area (Å²) in [6.07, 6.45) is -0.517. The lowest BCUT2D eigenvalue weighted by Gasteiger charge is -2.25. The molecule has 1 N–H and O–H groups in total. The minimum atomic E-state index is -4.69. The van der Waals surface area contributed by atoms with E-state index in [0.717, 1.165) is 5.69 Å². The van der Waals surface area contributed by atoms with Crippen LogP contribution in [0.5, 0.6) is 0 Å². The van der Waals surface area contributed by atoms with E-state index in [0.29, 0.717) is 27.0 Å². The van der Waals surface area contributed by atoms with Gasteiger partial charge in [0, 0.05) is 34.6 Å². The van der Waals surface area contributed by atoms with Gasteiger partial charge in [0.2, 0.25) is 0 Å². The minimum absolute atomic E-state index is 0.0351. The zero-order chi connectivity index (χ0) is 23.9. The summed E-state index contributed by atoms with van der Waals surface area (Å²) in [6, 6.07) is 11.0. The number of anilines is 1. The zero-order valence-electron chi connectivity index (χ0n) is 17.7. The Morgan fingerprint density at radius 3 is 2.56 bits per heavy atom. The van der Waals surface area contributed by atoms with Crippen LogP contribution >= 0.6 is 11.6 Å². The number of halogens is 4. The molecule has 0 aliphatic heterocycles. The van der Waals surface area contributed by atoms with Gasteiger partial charge in [0.15, 0.2) is 11.9 Å². The molecule has 1 atom stereocenters. The summed E-state index contributed by atoms with van der Waals surface area (Å²) in [5, 5.41) is 3.37. The highest BCUT2D eigenvalue weighted by Crippen LogP contribution is 2.41. The summed E-state index contributed by atoms with van der Waals surface area (Å²) in [6.45, 7) is 1.79. The smallest absolute Gasteiger partial charge is 0.353 e. The molecule has 0 radical (unpaired) electrons. The van der Waals surface area contributed by atoms with Crippen molar-refractivity contribution in [2.45, 2.75) is 19.1 Å². The predicted octanol–water partition coefficient (Wildman–Crippen LogP) is 6.31. The molecule has 0 spiro atoms. The van der Waals surface area contributed by atoms with Gasteiger partial charge in [0.05, 0.1) is 21.7 Å². The Morgan fingerprint density at radius 1 is 0.941 bits per heavy atom. The van der Waals surface area contributed by atoms with Crippen LogP contribution in [0.2, 0.25) is 5.02 Å². The molecule has 0 fully saturated rings. The van der Waals surface area contributed by atoms with Gasteiger partial charge in [-0.05, 0) is 43.3 Å². The van der Waals surface area contributed by atoms with E-state index in [9.17, 15) is 13.2 Å². The second kappa shape index (κ2) is 8.49. The highest BCUT2D eigenvalue weighted by Gasteiger charge is 2.43. The molecule has 4 aromatic heterocycles. The molecule has 0 saturated carbocycles. The molecule has 0 aliphatic rings. The summed E-state index contributed by atoms with van der Waals surface area (Å²) in [5.74, 6) is -0.0351. The number of hydrogen-bond acceptors (Lipinski definition) is 6. The van der Waals surface area contributed by atoms with Gasteiger partial charge in [-0.2, -0.15) is 13.2 Å². The number of pyridine rings is 3. The SMILES string of the molecule is Cc1ccc(-c2nc3c(Cl)cccc3cc2[C@@H](Nc2ncnc3cccnc23)C(F)(F)F)cn1. The number of alkyl halides is 3. The molecule has 34 heavy (non-hydrogen) atoms. The van der Waals surface area contributed by atoms with Crippen molar-refractivity contribution < 1.29 is 13.2 Å². The Balaban J connectivity index is 1.74. The number of rotatable bonds is 4. The predicted molar refractivity (Wildman–Crippen MR) is 124 cm³/mol. The van der Waals surface area contributed by atoms with E-state index in [2.05, 4.69) is 30.2 Å². The summed E-state index contributed by atoms with van der Waals surface area (Å²) >= 11 is 6.32. The molecule has 0 unspecified atom stereocenters. The van der Waals surface area contributed by atoms with E-state index in [1.807, 2.05) is 0 Å². The lowest BCUT2D eigenvalue weighted by molar-refractivity contribution is -0.143. The molecule has 6 nitrogen and oxygen atoms in total. The molecule has 0 aliphatic carbocycles. The van der Waals surface area contributed by atoms with Crippen LogP contribution in [0.25, 0.3) is 33.2 Å². The van der Waals surface area contributed by atoms with Gasteiger partial charge < -0.3 is 5.32 Å². The van der Waals surface area contributed by atoms with Crippen LogP contribution in [0.4, 0.5) is 19.0 Å². The van der Waals surface area contributed by atoms with Crippen LogP contribution in [-0.2, 0) is 0 Å². The molecule has 0 amide bonds. The van der Waals surface area contributed by atoms with Crippen molar-refractivity contribution in [3.05, 3.63) is 83.5 Å². The largest absolute Gasteiger partial charge is 0.412 e. The van der Waals surface area contributed by atoms with Crippen LogP contribution in [0.15, 0.2) is 67.3 Å². The first kappa shape index (κ1) is 22.0. The summed E-state index contributed by atoms with van der Waals surface area (Å²) < 4.78 is 43.6. The van der Waals surface area contributed by atoms with Gasteiger partial charge in [-0.1, -0.05) is 23.7 Å². The molecule has 4 heterocycles. The average Bonchev–Trinajstić information content (AvgIpc) is 2.82. The van der Waals surface area contributed by atoms with E-state index in [4.69, 9.17) is 11.6 Å². The minimum Gasteiger partial charge on any atom is -0.353 e. The lowest BCUT2D eigenvalue weighted by atomic mass is 9.97. The molecule has 170 valence electrons. The summed E-state index contributed by atoms with van der Waals surface area (Å²) in [7, 11) is 0. The van der Waals surface area contributed by atoms with Crippen molar-refractivity contribution in [3.63, 3.8) is 0 Å². The van der Waals surface area contributed by atoms with Crippen LogP contribution in [-0.4, -0.2) is 31.1 Å². The number of benzene rings is 1. The molecule has 10 heteroatoms. The van der Waals surface area contributed by atoms with Crippen molar-refractivity contribution in [2.24, 2.45) is 0 Å². The third-order valence-electron chi connectivity index (χ3n) is 5.32. The maximum absolute atomic E-state index is 14.5. The van der Waals surface area contributed by atoms with Crippen molar-refractivity contribution in [1.82, 2.24) is 24.9 Å². The van der Waals surface area contributed by atoms with E-state index >= 15 is 0 Å². The number of fused-ring (bicyclic) bond motifs is 2. The van der Waals surface area contributed by atoms with Gasteiger partial charge in [-0.15, -0.1) is 0 Å². The fraction of sp³-hybridized carbons (Fsp3) is 0.125. The number of nitrogens with zero attached hydrogens (tertiary/aromatic N) is 5. The van der Waals surface area contributed by atoms with E-state index < -0.39 is 12.2 Å². The van der Waals surface area contributed by atoms with Gasteiger partial charge in [-0.25, -0.2) is 15.0 Å². The van der Waals surface area contributed by atoms with Crippen LogP contribution < -0.4 is 5.32 Å². The third-order valence-corrected chi connectivity index (χ3v) is 5.63. The molecule has 0 saturated heterocycles. The molecule has 5 rings (SSSR count). The van der Waals surface area contributed by atoms with Gasteiger partial charge >= 0.3 is 6.18 Å². The quantitative estimate of drug-likeness (QED) is 0.325. The third kappa shape index (κ3) is 4.10. The van der Waals surface area contributed by atoms with E-state index in [-0.39, 0.29) is 22.6 Å². The fourth-order valence-corrected chi connectivity index (χ4v) is 3.93. The maximum atomic E-state index is 14.5. The molecule has 0 bridgehead atoms. The standard InChI is InChI=1S/C24H16ClF3N6/c1-13-7-8-15(11-30-13)19-16(10-14-4-2-5-17(25)20(14)33-19)22(24(26,27)28)34-23-21-18(31-12-32-23)6-3-9-29-21/h2-12,22H,1H3,(H,31,32,34)/t22-/m1/s1. The first-order valence-electron chi connectivity index (χ1n) is 10.2. The Bertz CT molecular complexity index is 1500. The Kier molecular flexibility index (Phi) is 5.49. The molecular weight excluding hydrogens is 465 g/mol. The summed E-state index contributed by atoms with van der Waals surface area (Å²) in [4.78, 5) is 21.1. The van der Waals surface area contributed by atoms with Crippen molar-refractivity contribution in [2.75, 3.05) is 5.32 Å². The normalized spacial score (nSPS) is 12.7. The number of para-hydroxylation sites is 1. The van der Waals surface area contributed by atoms with Crippen LogP contribution in [0.1, 0.15) is 17.3 Å². The Morgan fingerprint density at radius 2 is 1.79 bits per heavy atom. The Labute approximate surface area is 196 Å². The van der Waals surface area contributed by atoms with Crippen molar-refractivity contribution in [3.8, 4) is 11.3 Å². The van der Waals surface area contributed by atoms with Crippen LogP contribution in [0.3, 0.4) is 0 Å². The van der Waals surface area contributed by atoms with Crippen LogP contribution in [0, 0.1) is 6.92 Å². The van der Waals surface area contributed by atoms with E-state index in [1.54, 1.807) is 49.4 Å². The Hall–Kier alpha value is -3.85. The lowest BCUT2D eigenvalue weighted by Crippen LogP contribution is -2.29. The second-order valence-electron chi connectivity index (χ2n) is 7.64. The maximum Gasteiger partial charge on any atom is 0.412 e. The second-order valence-corrected chi connectivity index (χ2v) is 8.05. The summed E-state index contributed by atoms with van der Waals surface area (Å²) in [5.41, 5.74) is 2.25. The zero-order valence-corrected chi connectivity index (χ0v) is 18.4. The molecular formula is C24H16ClF3N6. The van der Waals surface area contributed by atoms with Gasteiger partial charge in [0.25, 0.3) is 0 Å². The number of nitrogens with one attached hydrogen (secondary N) is 1. The average molecular weight is 481 g/mol. The monoisotopic (exact) mass is 480 g/mol. The number of aromatic nitrogens is 5. The molecule has 5 aromatic rings. The van der Waals surface area contributed by atoms with Crippen molar-refractivity contribution >= 4 is 39.4 Å². The highest BCUT2D eigenvalue weighted by atomic mass is 35.5.